The maximum atomic E-state index is 12.8. The summed E-state index contributed by atoms with van der Waals surface area (Å²) in [6.45, 7) is 7.73. The van der Waals surface area contributed by atoms with Crippen LogP contribution in [-0.4, -0.2) is 35.8 Å². The van der Waals surface area contributed by atoms with Crippen molar-refractivity contribution in [2.75, 3.05) is 12.4 Å². The van der Waals surface area contributed by atoms with E-state index in [0.29, 0.717) is 11.5 Å². The van der Waals surface area contributed by atoms with Crippen molar-refractivity contribution >= 4 is 21.6 Å². The van der Waals surface area contributed by atoms with Gasteiger partial charge in [-0.3, -0.25) is 4.79 Å². The van der Waals surface area contributed by atoms with E-state index in [1.807, 2.05) is 24.3 Å². The number of nitrogens with one attached hydrogen (secondary N) is 1. The van der Waals surface area contributed by atoms with Gasteiger partial charge in [-0.2, -0.15) is 9.29 Å². The first kappa shape index (κ1) is 22.6. The normalized spacial score (nSPS) is 12.2. The van der Waals surface area contributed by atoms with Crippen LogP contribution in [0.4, 0.5) is 5.69 Å². The summed E-state index contributed by atoms with van der Waals surface area (Å²) in [6, 6.07) is 13.8. The van der Waals surface area contributed by atoms with Crippen LogP contribution in [0.2, 0.25) is 0 Å². The molecule has 1 heterocycles. The number of carbonyl (C=O) groups is 1. The van der Waals surface area contributed by atoms with Gasteiger partial charge in [0.25, 0.3) is 0 Å². The molecule has 164 valence electrons. The molecule has 0 fully saturated rings. The number of anilines is 1. The van der Waals surface area contributed by atoms with Gasteiger partial charge in [0.05, 0.1) is 11.4 Å². The molecule has 1 N–H and O–H groups in total. The quantitative estimate of drug-likeness (QED) is 0.622. The molecule has 0 unspecified atom stereocenters. The highest BCUT2D eigenvalue weighted by Gasteiger charge is 2.23. The second-order valence-electron chi connectivity index (χ2n) is 8.31. The minimum Gasteiger partial charge on any atom is -0.338 e. The molecule has 1 aromatic heterocycles. The van der Waals surface area contributed by atoms with Gasteiger partial charge in [-0.25, -0.2) is 8.42 Å². The van der Waals surface area contributed by atoms with E-state index in [2.05, 4.69) is 36.2 Å². The van der Waals surface area contributed by atoms with Gasteiger partial charge in [0.15, 0.2) is 0 Å². The molecule has 0 bridgehead atoms. The molecular weight excluding hydrogens is 416 g/mol. The first-order chi connectivity index (χ1) is 14.5. The van der Waals surface area contributed by atoms with E-state index in [-0.39, 0.29) is 28.7 Å². The Bertz CT molecular complexity index is 1160. The lowest BCUT2D eigenvalue weighted by atomic mass is 9.87. The summed E-state index contributed by atoms with van der Waals surface area (Å²) in [7, 11) is -2.32. The van der Waals surface area contributed by atoms with Gasteiger partial charge < -0.3 is 9.84 Å². The summed E-state index contributed by atoms with van der Waals surface area (Å²) in [5, 5.41) is 6.58. The first-order valence-corrected chi connectivity index (χ1v) is 11.2. The van der Waals surface area contributed by atoms with Crippen LogP contribution in [0.5, 0.6) is 0 Å². The smallest absolute Gasteiger partial charge is 0.243 e. The summed E-state index contributed by atoms with van der Waals surface area (Å²) in [5.74, 6) is 0.365. The number of amides is 1. The Morgan fingerprint density at radius 2 is 1.68 bits per heavy atom. The van der Waals surface area contributed by atoms with Crippen molar-refractivity contribution in [3.05, 3.63) is 60.0 Å². The van der Waals surface area contributed by atoms with E-state index < -0.39 is 10.0 Å². The fourth-order valence-corrected chi connectivity index (χ4v) is 4.04. The van der Waals surface area contributed by atoms with Crippen molar-refractivity contribution < 1.29 is 17.7 Å². The van der Waals surface area contributed by atoms with E-state index in [1.165, 1.54) is 43.8 Å². The minimum atomic E-state index is -3.77. The molecule has 0 atom stereocenters. The second-order valence-corrected chi connectivity index (χ2v) is 10.4. The van der Waals surface area contributed by atoms with Crippen LogP contribution in [0.3, 0.4) is 0 Å². The van der Waals surface area contributed by atoms with E-state index in [0.717, 1.165) is 9.87 Å². The van der Waals surface area contributed by atoms with E-state index >= 15 is 0 Å². The van der Waals surface area contributed by atoms with Crippen LogP contribution in [0.1, 0.15) is 39.1 Å². The molecule has 0 saturated heterocycles. The highest BCUT2D eigenvalue weighted by Crippen LogP contribution is 2.25. The summed E-state index contributed by atoms with van der Waals surface area (Å²) in [5.41, 5.74) is 2.55. The molecule has 2 aromatic carbocycles. The van der Waals surface area contributed by atoms with Gasteiger partial charge in [-0.1, -0.05) is 50.2 Å². The zero-order valence-electron chi connectivity index (χ0n) is 18.2. The van der Waals surface area contributed by atoms with Crippen LogP contribution >= 0.6 is 0 Å². The van der Waals surface area contributed by atoms with Crippen molar-refractivity contribution in [3.63, 3.8) is 0 Å². The molecule has 0 aliphatic carbocycles. The van der Waals surface area contributed by atoms with Gasteiger partial charge in [-0.05, 0) is 35.2 Å². The number of hydrogen-bond donors (Lipinski definition) is 1. The fraction of sp³-hybridized carbons (Fsp3) is 0.318. The predicted molar refractivity (Wildman–Crippen MR) is 118 cm³/mol. The Morgan fingerprint density at radius 1 is 1.06 bits per heavy atom. The summed E-state index contributed by atoms with van der Waals surface area (Å²) >= 11 is 0. The lowest BCUT2D eigenvalue weighted by Crippen LogP contribution is -2.26. The van der Waals surface area contributed by atoms with Gasteiger partial charge in [-0.15, -0.1) is 0 Å². The Balaban J connectivity index is 1.72. The van der Waals surface area contributed by atoms with E-state index in [4.69, 9.17) is 4.52 Å². The van der Waals surface area contributed by atoms with Gasteiger partial charge in [0.1, 0.15) is 0 Å². The average molecular weight is 443 g/mol. The zero-order chi connectivity index (χ0) is 22.8. The SMILES string of the molecule is CC(=O)Nc1ccc(S(=O)(=O)N(C)Cc2nc(-c3ccc(C(C)(C)C)cc3)no2)cc1. The molecule has 0 aliphatic rings. The number of aromatic nitrogens is 2. The largest absolute Gasteiger partial charge is 0.338 e. The number of benzene rings is 2. The Labute approximate surface area is 182 Å². The first-order valence-electron chi connectivity index (χ1n) is 9.74. The average Bonchev–Trinajstić information content (AvgIpc) is 3.16. The molecule has 0 radical (unpaired) electrons. The number of sulfonamides is 1. The lowest BCUT2D eigenvalue weighted by Gasteiger charge is -2.18. The third kappa shape index (κ3) is 5.36. The van der Waals surface area contributed by atoms with Crippen molar-refractivity contribution in [2.24, 2.45) is 0 Å². The van der Waals surface area contributed by atoms with Gasteiger partial charge in [0.2, 0.25) is 27.6 Å². The van der Waals surface area contributed by atoms with Gasteiger partial charge in [0, 0.05) is 25.2 Å². The van der Waals surface area contributed by atoms with E-state index in [1.54, 1.807) is 0 Å². The monoisotopic (exact) mass is 442 g/mol. The second kappa shape index (κ2) is 8.60. The molecule has 3 rings (SSSR count). The number of nitrogens with zero attached hydrogens (tertiary/aromatic N) is 3. The number of hydrogen-bond acceptors (Lipinski definition) is 6. The minimum absolute atomic E-state index is 0.0400. The summed E-state index contributed by atoms with van der Waals surface area (Å²) in [4.78, 5) is 15.5. The molecule has 0 spiro atoms. The standard InChI is InChI=1S/C22H26N4O4S/c1-15(27)23-18-10-12-19(13-11-18)31(28,29)26(5)14-20-24-21(25-30-20)16-6-8-17(9-7-16)22(2,3)4/h6-13H,14H2,1-5H3,(H,23,27). The van der Waals surface area contributed by atoms with Crippen molar-refractivity contribution in [1.82, 2.24) is 14.4 Å². The van der Waals surface area contributed by atoms with Crippen molar-refractivity contribution in [3.8, 4) is 11.4 Å². The maximum Gasteiger partial charge on any atom is 0.243 e. The number of rotatable bonds is 6. The molecule has 31 heavy (non-hydrogen) atoms. The molecular formula is C22H26N4O4S. The zero-order valence-corrected chi connectivity index (χ0v) is 19.0. The fourth-order valence-electron chi connectivity index (χ4n) is 2.92. The van der Waals surface area contributed by atoms with Crippen LogP contribution in [-0.2, 0) is 26.8 Å². The molecule has 3 aromatic rings. The third-order valence-electron chi connectivity index (χ3n) is 4.72. The summed E-state index contributed by atoms with van der Waals surface area (Å²) < 4.78 is 32.1. The molecule has 0 saturated carbocycles. The molecule has 8 nitrogen and oxygen atoms in total. The van der Waals surface area contributed by atoms with Crippen LogP contribution in [0.15, 0.2) is 57.9 Å². The maximum absolute atomic E-state index is 12.8. The molecule has 9 heteroatoms. The molecule has 0 aliphatic heterocycles. The van der Waals surface area contributed by atoms with Gasteiger partial charge >= 0.3 is 0 Å². The molecule has 1 amide bonds. The van der Waals surface area contributed by atoms with Crippen LogP contribution in [0, 0.1) is 0 Å². The highest BCUT2D eigenvalue weighted by molar-refractivity contribution is 7.89. The van der Waals surface area contributed by atoms with Crippen molar-refractivity contribution in [1.29, 1.82) is 0 Å². The van der Waals surface area contributed by atoms with Crippen molar-refractivity contribution in [2.45, 2.75) is 44.6 Å². The lowest BCUT2D eigenvalue weighted by molar-refractivity contribution is -0.114. The van der Waals surface area contributed by atoms with Crippen LogP contribution in [0.25, 0.3) is 11.4 Å². The predicted octanol–water partition coefficient (Wildman–Crippen LogP) is 3.81. The number of carbonyl (C=O) groups excluding carboxylic acids is 1. The third-order valence-corrected chi connectivity index (χ3v) is 6.54. The topological polar surface area (TPSA) is 105 Å². The Hall–Kier alpha value is -3.04. The Morgan fingerprint density at radius 3 is 2.23 bits per heavy atom. The summed E-state index contributed by atoms with van der Waals surface area (Å²) in [6.07, 6.45) is 0. The Kier molecular flexibility index (Phi) is 6.28. The van der Waals surface area contributed by atoms with E-state index in [9.17, 15) is 13.2 Å². The van der Waals surface area contributed by atoms with Crippen LogP contribution < -0.4 is 5.32 Å². The highest BCUT2D eigenvalue weighted by atomic mass is 32.2.